The van der Waals surface area contributed by atoms with Gasteiger partial charge in [0.25, 0.3) is 0 Å². The molecular formula is C22H21NO3. The van der Waals surface area contributed by atoms with Gasteiger partial charge >= 0.3 is 0 Å². The van der Waals surface area contributed by atoms with Crippen molar-refractivity contribution in [2.45, 2.75) is 19.1 Å². The summed E-state index contributed by atoms with van der Waals surface area (Å²) in [5.41, 5.74) is 4.15. The van der Waals surface area contributed by atoms with Gasteiger partial charge in [-0.25, -0.2) is 0 Å². The van der Waals surface area contributed by atoms with Crippen LogP contribution in [0.5, 0.6) is 17.2 Å². The van der Waals surface area contributed by atoms with E-state index in [0.717, 1.165) is 41.0 Å². The first-order valence-corrected chi connectivity index (χ1v) is 8.76. The number of hydrogen-bond donors (Lipinski definition) is 3. The zero-order chi connectivity index (χ0) is 17.9. The van der Waals surface area contributed by atoms with Gasteiger partial charge < -0.3 is 20.3 Å². The quantitative estimate of drug-likeness (QED) is 0.626. The SMILES string of the molecule is Oc1cc2c(cc1O)C(c1ccccc1OCc1ccccc1)NCC2. The van der Waals surface area contributed by atoms with Gasteiger partial charge in [0.1, 0.15) is 12.4 Å². The maximum Gasteiger partial charge on any atom is 0.157 e. The lowest BCUT2D eigenvalue weighted by molar-refractivity contribution is 0.300. The number of fused-ring (bicyclic) bond motifs is 1. The molecule has 26 heavy (non-hydrogen) atoms. The molecular weight excluding hydrogens is 326 g/mol. The first-order valence-electron chi connectivity index (χ1n) is 8.76. The standard InChI is InChI=1S/C22H21NO3/c24-19-12-16-10-11-23-22(18(16)13-20(19)25)17-8-4-5-9-21(17)26-14-15-6-2-1-3-7-15/h1-9,12-13,22-25H,10-11,14H2. The number of para-hydroxylation sites is 1. The average Bonchev–Trinajstić information content (AvgIpc) is 2.68. The smallest absolute Gasteiger partial charge is 0.157 e. The molecule has 3 aromatic rings. The topological polar surface area (TPSA) is 61.7 Å². The van der Waals surface area contributed by atoms with Crippen LogP contribution >= 0.6 is 0 Å². The molecule has 0 saturated carbocycles. The van der Waals surface area contributed by atoms with E-state index in [-0.39, 0.29) is 17.5 Å². The minimum absolute atomic E-state index is 0.0713. The lowest BCUT2D eigenvalue weighted by Crippen LogP contribution is -2.30. The van der Waals surface area contributed by atoms with Crippen LogP contribution < -0.4 is 10.1 Å². The second-order valence-corrected chi connectivity index (χ2v) is 6.49. The zero-order valence-electron chi connectivity index (χ0n) is 14.4. The van der Waals surface area contributed by atoms with Crippen LogP contribution in [0.15, 0.2) is 66.7 Å². The van der Waals surface area contributed by atoms with Crippen molar-refractivity contribution in [1.29, 1.82) is 0 Å². The molecule has 0 spiro atoms. The Bertz CT molecular complexity index is 909. The van der Waals surface area contributed by atoms with Crippen LogP contribution in [0.3, 0.4) is 0 Å². The first-order chi connectivity index (χ1) is 12.7. The van der Waals surface area contributed by atoms with Crippen molar-refractivity contribution in [3.05, 3.63) is 89.0 Å². The van der Waals surface area contributed by atoms with Gasteiger partial charge in [0.05, 0.1) is 6.04 Å². The monoisotopic (exact) mass is 347 g/mol. The van der Waals surface area contributed by atoms with Crippen molar-refractivity contribution in [2.75, 3.05) is 6.54 Å². The Labute approximate surface area is 152 Å². The molecule has 1 heterocycles. The fourth-order valence-electron chi connectivity index (χ4n) is 3.45. The molecule has 0 amide bonds. The van der Waals surface area contributed by atoms with Crippen molar-refractivity contribution in [3.63, 3.8) is 0 Å². The van der Waals surface area contributed by atoms with Crippen molar-refractivity contribution in [2.24, 2.45) is 0 Å². The molecule has 3 N–H and O–H groups in total. The number of phenols is 2. The van der Waals surface area contributed by atoms with Crippen LogP contribution in [0.1, 0.15) is 28.3 Å². The molecule has 4 nitrogen and oxygen atoms in total. The van der Waals surface area contributed by atoms with Gasteiger partial charge in [0, 0.05) is 12.1 Å². The third-order valence-electron chi connectivity index (χ3n) is 4.76. The molecule has 4 heteroatoms. The minimum atomic E-state index is -0.0971. The maximum atomic E-state index is 9.95. The van der Waals surface area contributed by atoms with Crippen LogP contribution in [-0.2, 0) is 13.0 Å². The molecule has 0 fully saturated rings. The van der Waals surface area contributed by atoms with Gasteiger partial charge in [0.2, 0.25) is 0 Å². The van der Waals surface area contributed by atoms with Crippen LogP contribution in [0.2, 0.25) is 0 Å². The molecule has 0 aromatic heterocycles. The van der Waals surface area contributed by atoms with E-state index in [2.05, 4.69) is 5.32 Å². The molecule has 3 aromatic carbocycles. The van der Waals surface area contributed by atoms with Crippen molar-refractivity contribution >= 4 is 0 Å². The Morgan fingerprint density at radius 3 is 2.46 bits per heavy atom. The molecule has 132 valence electrons. The van der Waals surface area contributed by atoms with Crippen LogP contribution in [0, 0.1) is 0 Å². The highest BCUT2D eigenvalue weighted by Gasteiger charge is 2.25. The van der Waals surface area contributed by atoms with Crippen molar-refractivity contribution in [1.82, 2.24) is 5.32 Å². The number of rotatable bonds is 4. The number of phenolic OH excluding ortho intramolecular Hbond substituents is 2. The summed E-state index contributed by atoms with van der Waals surface area (Å²) in [6.07, 6.45) is 0.812. The predicted octanol–water partition coefficient (Wildman–Crippen LogP) is 3.91. The summed E-state index contributed by atoms with van der Waals surface area (Å²) in [6.45, 7) is 1.30. The molecule has 0 saturated heterocycles. The third kappa shape index (κ3) is 3.24. The van der Waals surface area contributed by atoms with Gasteiger partial charge in [-0.2, -0.15) is 0 Å². The van der Waals surface area contributed by atoms with E-state index >= 15 is 0 Å². The fourth-order valence-corrected chi connectivity index (χ4v) is 3.45. The van der Waals surface area contributed by atoms with Crippen LogP contribution in [0.4, 0.5) is 0 Å². The lowest BCUT2D eigenvalue weighted by atomic mass is 9.89. The summed E-state index contributed by atoms with van der Waals surface area (Å²) in [7, 11) is 0. The van der Waals surface area contributed by atoms with Gasteiger partial charge in [-0.15, -0.1) is 0 Å². The van der Waals surface area contributed by atoms with Gasteiger partial charge in [0.15, 0.2) is 11.5 Å². The average molecular weight is 347 g/mol. The molecule has 0 radical (unpaired) electrons. The van der Waals surface area contributed by atoms with Gasteiger partial charge in [-0.3, -0.25) is 0 Å². The Balaban J connectivity index is 1.66. The predicted molar refractivity (Wildman–Crippen MR) is 101 cm³/mol. The molecule has 0 bridgehead atoms. The van der Waals surface area contributed by atoms with Gasteiger partial charge in [-0.1, -0.05) is 48.5 Å². The van der Waals surface area contributed by atoms with E-state index < -0.39 is 0 Å². The molecule has 1 atom stereocenters. The molecule has 1 unspecified atom stereocenters. The van der Waals surface area contributed by atoms with Crippen LogP contribution in [0.25, 0.3) is 0 Å². The Morgan fingerprint density at radius 1 is 0.885 bits per heavy atom. The van der Waals surface area contributed by atoms with Crippen molar-refractivity contribution in [3.8, 4) is 17.2 Å². The Kier molecular flexibility index (Phi) is 4.50. The number of nitrogens with one attached hydrogen (secondary N) is 1. The Hall–Kier alpha value is -2.98. The van der Waals surface area contributed by atoms with E-state index in [1.54, 1.807) is 12.1 Å². The highest BCUT2D eigenvalue weighted by molar-refractivity contribution is 5.52. The van der Waals surface area contributed by atoms with E-state index in [0.29, 0.717) is 6.61 Å². The first kappa shape index (κ1) is 16.5. The summed E-state index contributed by atoms with van der Waals surface area (Å²) < 4.78 is 6.09. The summed E-state index contributed by atoms with van der Waals surface area (Å²) in [6, 6.07) is 21.2. The Morgan fingerprint density at radius 2 is 1.62 bits per heavy atom. The number of benzene rings is 3. The zero-order valence-corrected chi connectivity index (χ0v) is 14.4. The number of ether oxygens (including phenoxy) is 1. The molecule has 4 rings (SSSR count). The number of hydrogen-bond acceptors (Lipinski definition) is 4. The maximum absolute atomic E-state index is 9.95. The third-order valence-corrected chi connectivity index (χ3v) is 4.76. The molecule has 0 aliphatic carbocycles. The fraction of sp³-hybridized carbons (Fsp3) is 0.182. The van der Waals surface area contributed by atoms with Gasteiger partial charge in [-0.05, 0) is 41.3 Å². The van der Waals surface area contributed by atoms with E-state index in [1.165, 1.54) is 0 Å². The second kappa shape index (κ2) is 7.10. The summed E-state index contributed by atoms with van der Waals surface area (Å²) in [5.74, 6) is 0.646. The molecule has 1 aliphatic heterocycles. The van der Waals surface area contributed by atoms with E-state index in [4.69, 9.17) is 4.74 Å². The largest absolute Gasteiger partial charge is 0.504 e. The summed E-state index contributed by atoms with van der Waals surface area (Å²) in [4.78, 5) is 0. The highest BCUT2D eigenvalue weighted by atomic mass is 16.5. The summed E-state index contributed by atoms with van der Waals surface area (Å²) in [5, 5.41) is 23.3. The lowest BCUT2D eigenvalue weighted by Gasteiger charge is -2.29. The normalized spacial score (nSPS) is 16.1. The minimum Gasteiger partial charge on any atom is -0.504 e. The van der Waals surface area contributed by atoms with Crippen molar-refractivity contribution < 1.29 is 14.9 Å². The highest BCUT2D eigenvalue weighted by Crippen LogP contribution is 2.38. The van der Waals surface area contributed by atoms with E-state index in [9.17, 15) is 10.2 Å². The molecule has 1 aliphatic rings. The number of aromatic hydroxyl groups is 2. The van der Waals surface area contributed by atoms with E-state index in [1.807, 2.05) is 54.6 Å². The second-order valence-electron chi connectivity index (χ2n) is 6.49. The van der Waals surface area contributed by atoms with Crippen LogP contribution in [-0.4, -0.2) is 16.8 Å². The summed E-state index contributed by atoms with van der Waals surface area (Å²) >= 11 is 0.